The topological polar surface area (TPSA) is 72.2 Å². The molecule has 4 nitrogen and oxygen atoms in total. The molecule has 0 bridgehead atoms. The van der Waals surface area contributed by atoms with Crippen molar-refractivity contribution >= 4 is 10.2 Å². The van der Waals surface area contributed by atoms with Gasteiger partial charge in [0.15, 0.2) is 0 Å². The highest BCUT2D eigenvalue weighted by atomic mass is 32.2. The van der Waals surface area contributed by atoms with E-state index in [1.807, 2.05) is 0 Å². The summed E-state index contributed by atoms with van der Waals surface area (Å²) in [6.45, 7) is 3.16. The first-order valence-electron chi connectivity index (χ1n) is 5.48. The molecule has 108 valence electrons. The van der Waals surface area contributed by atoms with Gasteiger partial charge in [0, 0.05) is 6.04 Å². The van der Waals surface area contributed by atoms with E-state index in [0.29, 0.717) is 5.56 Å². The quantitative estimate of drug-likeness (QED) is 0.892. The Balaban J connectivity index is 2.97. The molecule has 0 aliphatic carbocycles. The first-order valence-corrected chi connectivity index (χ1v) is 7.02. The number of rotatable bonds is 4. The first kappa shape index (κ1) is 15.9. The molecule has 0 aliphatic rings. The molecule has 19 heavy (non-hydrogen) atoms. The summed E-state index contributed by atoms with van der Waals surface area (Å²) in [5.74, 6) is -0.444. The first-order chi connectivity index (χ1) is 8.50. The van der Waals surface area contributed by atoms with Crippen molar-refractivity contribution in [1.29, 1.82) is 0 Å². The highest BCUT2D eigenvalue weighted by Gasteiger charge is 2.31. The number of nitrogens with one attached hydrogen (secondary N) is 1. The number of hydrogen-bond donors (Lipinski definition) is 2. The van der Waals surface area contributed by atoms with Crippen LogP contribution in [0.1, 0.15) is 30.9 Å². The number of benzene rings is 1. The fourth-order valence-corrected chi connectivity index (χ4v) is 2.37. The molecule has 0 spiro atoms. The van der Waals surface area contributed by atoms with Crippen LogP contribution in [0.3, 0.4) is 0 Å². The molecule has 0 heterocycles. The molecule has 2 unspecified atom stereocenters. The van der Waals surface area contributed by atoms with Crippen LogP contribution in [0, 0.1) is 0 Å². The van der Waals surface area contributed by atoms with E-state index in [1.165, 1.54) is 19.1 Å². The summed E-state index contributed by atoms with van der Waals surface area (Å²) in [4.78, 5) is 0. The van der Waals surface area contributed by atoms with Gasteiger partial charge >= 0.3 is 6.18 Å². The molecule has 0 aromatic heterocycles. The van der Waals surface area contributed by atoms with Crippen LogP contribution in [0.15, 0.2) is 24.3 Å². The van der Waals surface area contributed by atoms with Crippen LogP contribution in [-0.4, -0.2) is 14.5 Å². The summed E-state index contributed by atoms with van der Waals surface area (Å²) >= 11 is 0. The van der Waals surface area contributed by atoms with E-state index in [-0.39, 0.29) is 0 Å². The Morgan fingerprint density at radius 2 is 1.84 bits per heavy atom. The van der Waals surface area contributed by atoms with E-state index < -0.39 is 33.9 Å². The molecule has 0 saturated carbocycles. The second-order valence-corrected chi connectivity index (χ2v) is 5.69. The van der Waals surface area contributed by atoms with E-state index in [0.717, 1.165) is 12.1 Å². The molecule has 1 aromatic rings. The van der Waals surface area contributed by atoms with Gasteiger partial charge in [0.2, 0.25) is 0 Å². The summed E-state index contributed by atoms with van der Waals surface area (Å²) in [7, 11) is -3.89. The Morgan fingerprint density at radius 1 is 1.26 bits per heavy atom. The van der Waals surface area contributed by atoms with Crippen LogP contribution in [0.5, 0.6) is 0 Å². The van der Waals surface area contributed by atoms with Crippen molar-refractivity contribution in [2.75, 3.05) is 0 Å². The lowest BCUT2D eigenvalue weighted by Gasteiger charge is -2.21. The minimum atomic E-state index is -4.42. The molecule has 1 rings (SSSR count). The lowest BCUT2D eigenvalue weighted by molar-refractivity contribution is -0.137. The van der Waals surface area contributed by atoms with Crippen molar-refractivity contribution in [2.45, 2.75) is 32.0 Å². The average molecular weight is 296 g/mol. The average Bonchev–Trinajstić information content (AvgIpc) is 2.24. The van der Waals surface area contributed by atoms with Gasteiger partial charge in [-0.3, -0.25) is 0 Å². The smallest absolute Gasteiger partial charge is 0.216 e. The van der Waals surface area contributed by atoms with Crippen LogP contribution in [0.25, 0.3) is 0 Å². The summed E-state index contributed by atoms with van der Waals surface area (Å²) < 4.78 is 61.6. The third-order valence-electron chi connectivity index (χ3n) is 2.84. The third-order valence-corrected chi connectivity index (χ3v) is 3.54. The van der Waals surface area contributed by atoms with Gasteiger partial charge < -0.3 is 0 Å². The molecule has 0 aliphatic heterocycles. The van der Waals surface area contributed by atoms with E-state index >= 15 is 0 Å². The van der Waals surface area contributed by atoms with E-state index in [1.54, 1.807) is 6.92 Å². The zero-order valence-electron chi connectivity index (χ0n) is 10.4. The molecule has 2 atom stereocenters. The fourth-order valence-electron chi connectivity index (χ4n) is 1.65. The van der Waals surface area contributed by atoms with Crippen LogP contribution in [-0.2, 0) is 16.4 Å². The van der Waals surface area contributed by atoms with Crippen molar-refractivity contribution in [2.24, 2.45) is 5.14 Å². The van der Waals surface area contributed by atoms with Gasteiger partial charge in [-0.05, 0) is 24.5 Å². The predicted octanol–water partition coefficient (Wildman–Crippen LogP) is 1.99. The number of halogens is 3. The molecule has 0 fully saturated rings. The summed E-state index contributed by atoms with van der Waals surface area (Å²) in [6.07, 6.45) is -4.42. The van der Waals surface area contributed by atoms with Crippen molar-refractivity contribution in [3.05, 3.63) is 35.4 Å². The lowest BCUT2D eigenvalue weighted by atomic mass is 9.93. The van der Waals surface area contributed by atoms with Gasteiger partial charge in [0.1, 0.15) is 0 Å². The van der Waals surface area contributed by atoms with Gasteiger partial charge in [-0.1, -0.05) is 25.1 Å². The SMILES string of the molecule is CC(NS(N)(=O)=O)C(C)c1cccc(C(F)(F)F)c1. The Hall–Kier alpha value is -1.12. The lowest BCUT2D eigenvalue weighted by Crippen LogP contribution is -2.40. The maximum absolute atomic E-state index is 12.6. The van der Waals surface area contributed by atoms with Gasteiger partial charge in [0.05, 0.1) is 5.56 Å². The summed E-state index contributed by atoms with van der Waals surface area (Å²) in [6, 6.07) is 4.16. The molecule has 1 aromatic carbocycles. The molecular formula is C11H15F3N2O2S. The highest BCUT2D eigenvalue weighted by Crippen LogP contribution is 2.31. The second kappa shape index (κ2) is 5.48. The Morgan fingerprint density at radius 3 is 2.32 bits per heavy atom. The standard InChI is InChI=1S/C11H15F3N2O2S/c1-7(8(2)16-19(15,17)18)9-4-3-5-10(6-9)11(12,13)14/h3-8,16H,1-2H3,(H2,15,17,18). The highest BCUT2D eigenvalue weighted by molar-refractivity contribution is 7.87. The Bertz CT molecular complexity index is 543. The molecule has 8 heteroatoms. The summed E-state index contributed by atoms with van der Waals surface area (Å²) in [5.41, 5.74) is -0.377. The minimum absolute atomic E-state index is 0.387. The van der Waals surface area contributed by atoms with E-state index in [4.69, 9.17) is 5.14 Å². The van der Waals surface area contributed by atoms with E-state index in [9.17, 15) is 21.6 Å². The zero-order chi connectivity index (χ0) is 14.8. The molecular weight excluding hydrogens is 281 g/mol. The Labute approximate surface area is 110 Å². The van der Waals surface area contributed by atoms with Crippen LogP contribution < -0.4 is 9.86 Å². The molecule has 0 saturated heterocycles. The third kappa shape index (κ3) is 4.81. The van der Waals surface area contributed by atoms with Gasteiger partial charge in [-0.2, -0.15) is 26.3 Å². The van der Waals surface area contributed by atoms with E-state index in [2.05, 4.69) is 4.72 Å². The van der Waals surface area contributed by atoms with Crippen molar-refractivity contribution in [3.63, 3.8) is 0 Å². The summed E-state index contributed by atoms with van der Waals surface area (Å²) in [5, 5.41) is 4.83. The Kier molecular flexibility index (Phi) is 4.59. The van der Waals surface area contributed by atoms with Crippen molar-refractivity contribution < 1.29 is 21.6 Å². The number of alkyl halides is 3. The predicted molar refractivity (Wildman–Crippen MR) is 65.6 cm³/mol. The minimum Gasteiger partial charge on any atom is -0.216 e. The second-order valence-electron chi connectivity index (χ2n) is 4.36. The number of nitrogens with two attached hydrogens (primary N) is 1. The fraction of sp³-hybridized carbons (Fsp3) is 0.455. The molecule has 3 N–H and O–H groups in total. The maximum Gasteiger partial charge on any atom is 0.416 e. The van der Waals surface area contributed by atoms with Gasteiger partial charge in [0.25, 0.3) is 10.2 Å². The van der Waals surface area contributed by atoms with Gasteiger partial charge in [-0.15, -0.1) is 0 Å². The molecule has 0 amide bonds. The van der Waals surface area contributed by atoms with Crippen molar-refractivity contribution in [3.8, 4) is 0 Å². The molecule has 0 radical (unpaired) electrons. The van der Waals surface area contributed by atoms with Gasteiger partial charge in [-0.25, -0.2) is 5.14 Å². The van der Waals surface area contributed by atoms with Crippen LogP contribution in [0.2, 0.25) is 0 Å². The maximum atomic E-state index is 12.6. The van der Waals surface area contributed by atoms with Crippen molar-refractivity contribution in [1.82, 2.24) is 4.72 Å². The number of hydrogen-bond acceptors (Lipinski definition) is 2. The zero-order valence-corrected chi connectivity index (χ0v) is 11.2. The normalized spacial score (nSPS) is 16.1. The van der Waals surface area contributed by atoms with Crippen LogP contribution in [0.4, 0.5) is 13.2 Å². The monoisotopic (exact) mass is 296 g/mol. The van der Waals surface area contributed by atoms with Crippen LogP contribution >= 0.6 is 0 Å². The largest absolute Gasteiger partial charge is 0.416 e.